The van der Waals surface area contributed by atoms with Crippen LogP contribution >= 0.6 is 11.6 Å². The topological polar surface area (TPSA) is 85.9 Å². The van der Waals surface area contributed by atoms with Gasteiger partial charge in [-0.2, -0.15) is 0 Å². The maximum atomic E-state index is 12.5. The van der Waals surface area contributed by atoms with Gasteiger partial charge in [0.05, 0.1) is 37.0 Å². The molecule has 142 valence electrons. The van der Waals surface area contributed by atoms with Gasteiger partial charge in [-0.15, -0.1) is 0 Å². The Morgan fingerprint density at radius 3 is 2.54 bits per heavy atom. The molecule has 7 nitrogen and oxygen atoms in total. The van der Waals surface area contributed by atoms with Crippen molar-refractivity contribution in [1.82, 2.24) is 10.6 Å². The van der Waals surface area contributed by atoms with Crippen molar-refractivity contribution in [3.63, 3.8) is 0 Å². The molecule has 1 heterocycles. The van der Waals surface area contributed by atoms with Gasteiger partial charge < -0.3 is 24.8 Å². The summed E-state index contributed by atoms with van der Waals surface area (Å²) in [6.45, 7) is 6.06. The minimum Gasteiger partial charge on any atom is -0.491 e. The number of halogens is 1. The Balaban J connectivity index is 2.59. The predicted molar refractivity (Wildman–Crippen MR) is 97.5 cm³/mol. The number of allylic oxidation sites excluding steroid dienone is 1. The highest BCUT2D eigenvalue weighted by molar-refractivity contribution is 6.32. The van der Waals surface area contributed by atoms with Crippen LogP contribution in [0.3, 0.4) is 0 Å². The lowest BCUT2D eigenvalue weighted by Gasteiger charge is -2.29. The van der Waals surface area contributed by atoms with Crippen LogP contribution in [0.5, 0.6) is 11.5 Å². The van der Waals surface area contributed by atoms with E-state index < -0.39 is 18.0 Å². The lowest BCUT2D eigenvalue weighted by molar-refractivity contribution is -0.139. The summed E-state index contributed by atoms with van der Waals surface area (Å²) >= 11 is 6.32. The second-order valence-electron chi connectivity index (χ2n) is 5.46. The summed E-state index contributed by atoms with van der Waals surface area (Å²) in [5.41, 5.74) is 1.46. The third-order valence-corrected chi connectivity index (χ3v) is 4.15. The minimum atomic E-state index is -0.708. The summed E-state index contributed by atoms with van der Waals surface area (Å²) in [6, 6.07) is 2.24. The summed E-state index contributed by atoms with van der Waals surface area (Å²) in [5.74, 6) is 0.341. The lowest BCUT2D eigenvalue weighted by Crippen LogP contribution is -2.45. The SMILES string of the molecule is CCOC(=O)C1=C(CC)NC(=O)NC1c1cc(Cl)c(OC)c(OCC)c1. The molecule has 0 saturated heterocycles. The van der Waals surface area contributed by atoms with Crippen molar-refractivity contribution in [3.05, 3.63) is 34.0 Å². The molecule has 0 radical (unpaired) electrons. The molecule has 1 aliphatic heterocycles. The zero-order valence-electron chi connectivity index (χ0n) is 15.3. The van der Waals surface area contributed by atoms with Crippen LogP contribution < -0.4 is 20.1 Å². The first kappa shape index (κ1) is 19.9. The molecule has 0 aliphatic carbocycles. The quantitative estimate of drug-likeness (QED) is 0.706. The van der Waals surface area contributed by atoms with Crippen molar-refractivity contribution in [2.45, 2.75) is 33.2 Å². The number of benzene rings is 1. The molecule has 0 aromatic heterocycles. The number of hydrogen-bond donors (Lipinski definition) is 2. The molecule has 0 saturated carbocycles. The van der Waals surface area contributed by atoms with E-state index in [1.807, 2.05) is 13.8 Å². The van der Waals surface area contributed by atoms with E-state index in [0.29, 0.717) is 46.4 Å². The van der Waals surface area contributed by atoms with E-state index in [9.17, 15) is 9.59 Å². The van der Waals surface area contributed by atoms with E-state index in [1.54, 1.807) is 19.1 Å². The molecule has 2 amide bonds. The molecular formula is C18H23ClN2O5. The number of amides is 2. The number of hydrogen-bond acceptors (Lipinski definition) is 5. The average Bonchev–Trinajstić information content (AvgIpc) is 2.61. The first-order chi connectivity index (χ1) is 12.5. The molecule has 1 aliphatic rings. The molecule has 0 spiro atoms. The number of carbonyl (C=O) groups excluding carboxylic acids is 2. The van der Waals surface area contributed by atoms with Crippen LogP contribution in [0, 0.1) is 0 Å². The maximum absolute atomic E-state index is 12.5. The number of urea groups is 1. The molecule has 1 aromatic rings. The monoisotopic (exact) mass is 382 g/mol. The zero-order chi connectivity index (χ0) is 19.3. The largest absolute Gasteiger partial charge is 0.491 e. The number of methoxy groups -OCH3 is 1. The van der Waals surface area contributed by atoms with Crippen LogP contribution in [0.1, 0.15) is 38.8 Å². The van der Waals surface area contributed by atoms with E-state index in [0.717, 1.165) is 0 Å². The maximum Gasteiger partial charge on any atom is 0.338 e. The van der Waals surface area contributed by atoms with Gasteiger partial charge in [-0.25, -0.2) is 9.59 Å². The molecule has 2 rings (SSSR count). The summed E-state index contributed by atoms with van der Waals surface area (Å²) in [7, 11) is 1.49. The van der Waals surface area contributed by atoms with Crippen molar-refractivity contribution in [3.8, 4) is 11.5 Å². The smallest absolute Gasteiger partial charge is 0.338 e. The number of esters is 1. The molecule has 1 aromatic carbocycles. The molecule has 8 heteroatoms. The van der Waals surface area contributed by atoms with Crippen LogP contribution in [-0.4, -0.2) is 32.3 Å². The summed E-state index contributed by atoms with van der Waals surface area (Å²) in [6.07, 6.45) is 0.472. The van der Waals surface area contributed by atoms with Crippen molar-refractivity contribution in [2.75, 3.05) is 20.3 Å². The van der Waals surface area contributed by atoms with Gasteiger partial charge in [-0.1, -0.05) is 18.5 Å². The van der Waals surface area contributed by atoms with Gasteiger partial charge in [0.1, 0.15) is 0 Å². The van der Waals surface area contributed by atoms with Crippen molar-refractivity contribution in [2.24, 2.45) is 0 Å². The fourth-order valence-electron chi connectivity index (χ4n) is 2.81. The molecule has 2 N–H and O–H groups in total. The fourth-order valence-corrected chi connectivity index (χ4v) is 3.11. The third kappa shape index (κ3) is 4.04. The lowest BCUT2D eigenvalue weighted by atomic mass is 9.94. The molecule has 26 heavy (non-hydrogen) atoms. The van der Waals surface area contributed by atoms with Crippen LogP contribution in [0.2, 0.25) is 5.02 Å². The summed E-state index contributed by atoms with van der Waals surface area (Å²) in [5, 5.41) is 5.75. The molecule has 0 fully saturated rings. The first-order valence-corrected chi connectivity index (χ1v) is 8.82. The number of nitrogens with one attached hydrogen (secondary N) is 2. The van der Waals surface area contributed by atoms with Crippen LogP contribution in [-0.2, 0) is 9.53 Å². The summed E-state index contributed by atoms with van der Waals surface area (Å²) < 4.78 is 16.1. The predicted octanol–water partition coefficient (Wildman–Crippen LogP) is 3.33. The second-order valence-corrected chi connectivity index (χ2v) is 5.87. The van der Waals surface area contributed by atoms with E-state index in [-0.39, 0.29) is 6.61 Å². The van der Waals surface area contributed by atoms with Crippen molar-refractivity contribution in [1.29, 1.82) is 0 Å². The normalized spacial score (nSPS) is 16.7. The van der Waals surface area contributed by atoms with Crippen LogP contribution in [0.15, 0.2) is 23.4 Å². The Labute approximate surface area is 157 Å². The standard InChI is InChI=1S/C18H23ClN2O5/c1-5-12-14(17(22)26-7-3)15(21-18(23)20-12)10-8-11(19)16(24-4)13(9-10)25-6-2/h8-9,15H,5-7H2,1-4H3,(H2,20,21,23). The van der Waals surface area contributed by atoms with Crippen LogP contribution in [0.4, 0.5) is 4.79 Å². The Morgan fingerprint density at radius 1 is 1.23 bits per heavy atom. The van der Waals surface area contributed by atoms with Gasteiger partial charge in [0.15, 0.2) is 11.5 Å². The van der Waals surface area contributed by atoms with Crippen LogP contribution in [0.25, 0.3) is 0 Å². The molecule has 1 unspecified atom stereocenters. The van der Waals surface area contributed by atoms with Gasteiger partial charge >= 0.3 is 12.0 Å². The van der Waals surface area contributed by atoms with Gasteiger partial charge in [0.25, 0.3) is 0 Å². The Bertz CT molecular complexity index is 733. The van der Waals surface area contributed by atoms with E-state index in [2.05, 4.69) is 10.6 Å². The third-order valence-electron chi connectivity index (χ3n) is 3.87. The zero-order valence-corrected chi connectivity index (χ0v) is 16.0. The number of carbonyl (C=O) groups is 2. The highest BCUT2D eigenvalue weighted by Gasteiger charge is 2.34. The molecular weight excluding hydrogens is 360 g/mol. The highest BCUT2D eigenvalue weighted by atomic mass is 35.5. The van der Waals surface area contributed by atoms with Crippen molar-refractivity contribution >= 4 is 23.6 Å². The molecule has 0 bridgehead atoms. The van der Waals surface area contributed by atoms with E-state index in [4.69, 9.17) is 25.8 Å². The minimum absolute atomic E-state index is 0.230. The van der Waals surface area contributed by atoms with Gasteiger partial charge in [-0.05, 0) is 38.0 Å². The van der Waals surface area contributed by atoms with Gasteiger partial charge in [0.2, 0.25) is 0 Å². The highest BCUT2D eigenvalue weighted by Crippen LogP contribution is 2.40. The Kier molecular flexibility index (Phi) is 6.74. The average molecular weight is 383 g/mol. The molecule has 1 atom stereocenters. The number of ether oxygens (including phenoxy) is 3. The Morgan fingerprint density at radius 2 is 1.96 bits per heavy atom. The number of rotatable bonds is 7. The van der Waals surface area contributed by atoms with E-state index >= 15 is 0 Å². The fraction of sp³-hybridized carbons (Fsp3) is 0.444. The summed E-state index contributed by atoms with van der Waals surface area (Å²) in [4.78, 5) is 24.6. The van der Waals surface area contributed by atoms with Crippen molar-refractivity contribution < 1.29 is 23.8 Å². The second kappa shape index (κ2) is 8.80. The van der Waals surface area contributed by atoms with Gasteiger partial charge in [0, 0.05) is 5.70 Å². The van der Waals surface area contributed by atoms with Gasteiger partial charge in [-0.3, -0.25) is 0 Å². The first-order valence-electron chi connectivity index (χ1n) is 8.44. The van der Waals surface area contributed by atoms with E-state index in [1.165, 1.54) is 7.11 Å². The Hall–Kier alpha value is -2.41.